The van der Waals surface area contributed by atoms with Crippen LogP contribution in [-0.2, 0) is 4.79 Å². The first-order valence-corrected chi connectivity index (χ1v) is 12.2. The van der Waals surface area contributed by atoms with Gasteiger partial charge in [0.15, 0.2) is 5.65 Å². The second-order valence-corrected chi connectivity index (χ2v) is 9.02. The van der Waals surface area contributed by atoms with Crippen LogP contribution in [0.5, 0.6) is 0 Å². The van der Waals surface area contributed by atoms with Crippen molar-refractivity contribution < 1.29 is 9.59 Å². The predicted octanol–water partition coefficient (Wildman–Crippen LogP) is 3.04. The van der Waals surface area contributed by atoms with Gasteiger partial charge in [-0.1, -0.05) is 12.6 Å². The highest BCUT2D eigenvalue weighted by molar-refractivity contribution is 5.99. The molecule has 0 unspecified atom stereocenters. The normalized spacial score (nSPS) is 13.8. The number of amides is 2. The summed E-state index contributed by atoms with van der Waals surface area (Å²) in [5.74, 6) is -0.0364. The molecule has 192 valence electrons. The number of likely N-dealkylation sites (N-methyl/N-ethyl adjacent to an activating group) is 1. The molecule has 10 heteroatoms. The molecular formula is C28H27N7O3. The van der Waals surface area contributed by atoms with Gasteiger partial charge in [-0.3, -0.25) is 19.0 Å². The molecule has 38 heavy (non-hydrogen) atoms. The highest BCUT2D eigenvalue weighted by Crippen LogP contribution is 2.21. The summed E-state index contributed by atoms with van der Waals surface area (Å²) in [5, 5.41) is 6.53. The van der Waals surface area contributed by atoms with Crippen molar-refractivity contribution in [3.63, 3.8) is 0 Å². The third kappa shape index (κ3) is 5.30. The van der Waals surface area contributed by atoms with Crippen LogP contribution in [0.25, 0.3) is 16.7 Å². The summed E-state index contributed by atoms with van der Waals surface area (Å²) in [5.41, 5.74) is 2.52. The van der Waals surface area contributed by atoms with Crippen LogP contribution in [0.1, 0.15) is 10.4 Å². The van der Waals surface area contributed by atoms with Crippen LogP contribution in [0, 0.1) is 0 Å². The zero-order valence-corrected chi connectivity index (χ0v) is 20.9. The molecule has 5 rings (SSSR count). The van der Waals surface area contributed by atoms with E-state index in [2.05, 4.69) is 39.1 Å². The Morgan fingerprint density at radius 3 is 2.47 bits per heavy atom. The highest BCUT2D eigenvalue weighted by atomic mass is 16.2. The van der Waals surface area contributed by atoms with Crippen molar-refractivity contribution in [1.82, 2.24) is 24.3 Å². The maximum atomic E-state index is 12.9. The standard InChI is InChI=1S/C28H27N7O3/c1-3-24(36)30-22-5-4-6-23(17-22)35-25(37)12-9-20-18-29-28(32-26(20)35)31-21-10-7-19(8-11-21)27(38)34-15-13-33(2)14-16-34/h3-12,17-18H,1,13-16H2,2H3,(H,30,36)(H,29,31,32). The van der Waals surface area contributed by atoms with Crippen molar-refractivity contribution in [2.75, 3.05) is 43.9 Å². The van der Waals surface area contributed by atoms with Gasteiger partial charge in [0.1, 0.15) is 0 Å². The summed E-state index contributed by atoms with van der Waals surface area (Å²) in [6.07, 6.45) is 2.81. The van der Waals surface area contributed by atoms with Gasteiger partial charge >= 0.3 is 0 Å². The molecule has 0 saturated carbocycles. The Kier molecular flexibility index (Phi) is 6.96. The minimum Gasteiger partial charge on any atom is -0.336 e. The third-order valence-electron chi connectivity index (χ3n) is 6.37. The van der Waals surface area contributed by atoms with Gasteiger partial charge in [-0.15, -0.1) is 0 Å². The minimum atomic E-state index is -0.350. The van der Waals surface area contributed by atoms with Gasteiger partial charge in [-0.05, 0) is 61.7 Å². The molecule has 0 atom stereocenters. The van der Waals surface area contributed by atoms with Gasteiger partial charge in [-0.2, -0.15) is 4.98 Å². The lowest BCUT2D eigenvalue weighted by atomic mass is 10.1. The highest BCUT2D eigenvalue weighted by Gasteiger charge is 2.20. The van der Waals surface area contributed by atoms with Gasteiger partial charge in [-0.25, -0.2) is 4.98 Å². The largest absolute Gasteiger partial charge is 0.336 e. The molecule has 1 aliphatic heterocycles. The molecule has 2 amide bonds. The quantitative estimate of drug-likeness (QED) is 0.384. The molecule has 10 nitrogen and oxygen atoms in total. The smallest absolute Gasteiger partial charge is 0.256 e. The minimum absolute atomic E-state index is 0.0159. The van der Waals surface area contributed by atoms with Crippen molar-refractivity contribution in [3.8, 4) is 5.69 Å². The number of fused-ring (bicyclic) bond motifs is 1. The summed E-state index contributed by atoms with van der Waals surface area (Å²) in [4.78, 5) is 50.5. The zero-order valence-electron chi connectivity index (χ0n) is 20.9. The van der Waals surface area contributed by atoms with E-state index >= 15 is 0 Å². The van der Waals surface area contributed by atoms with Crippen LogP contribution in [0.4, 0.5) is 17.3 Å². The molecule has 1 aliphatic rings. The van der Waals surface area contributed by atoms with Crippen LogP contribution < -0.4 is 16.2 Å². The van der Waals surface area contributed by atoms with E-state index in [1.807, 2.05) is 4.90 Å². The summed E-state index contributed by atoms with van der Waals surface area (Å²) in [7, 11) is 2.05. The maximum Gasteiger partial charge on any atom is 0.256 e. The Morgan fingerprint density at radius 1 is 0.974 bits per heavy atom. The Hall–Kier alpha value is -4.83. The van der Waals surface area contributed by atoms with E-state index in [4.69, 9.17) is 0 Å². The number of pyridine rings is 1. The molecule has 4 aromatic rings. The molecule has 0 radical (unpaired) electrons. The number of aromatic nitrogens is 3. The molecule has 0 spiro atoms. The SMILES string of the molecule is C=CC(=O)Nc1cccc(-n2c(=O)ccc3cnc(Nc4ccc(C(=O)N5CCN(C)CC5)cc4)nc32)c1. The van der Waals surface area contributed by atoms with E-state index in [-0.39, 0.29) is 17.4 Å². The van der Waals surface area contributed by atoms with E-state index in [1.54, 1.807) is 60.8 Å². The Morgan fingerprint density at radius 2 is 1.74 bits per heavy atom. The van der Waals surface area contributed by atoms with E-state index in [9.17, 15) is 14.4 Å². The second-order valence-electron chi connectivity index (χ2n) is 9.02. The average Bonchev–Trinajstić information content (AvgIpc) is 2.93. The predicted molar refractivity (Wildman–Crippen MR) is 147 cm³/mol. The van der Waals surface area contributed by atoms with Gasteiger partial charge in [0.25, 0.3) is 11.5 Å². The monoisotopic (exact) mass is 509 g/mol. The van der Waals surface area contributed by atoms with Crippen molar-refractivity contribution in [1.29, 1.82) is 0 Å². The summed E-state index contributed by atoms with van der Waals surface area (Å²) >= 11 is 0. The van der Waals surface area contributed by atoms with Crippen molar-refractivity contribution in [2.45, 2.75) is 0 Å². The van der Waals surface area contributed by atoms with Gasteiger partial charge < -0.3 is 20.4 Å². The second kappa shape index (κ2) is 10.7. The maximum absolute atomic E-state index is 12.9. The lowest BCUT2D eigenvalue weighted by molar-refractivity contribution is -0.111. The number of nitrogens with one attached hydrogen (secondary N) is 2. The molecule has 2 N–H and O–H groups in total. The fourth-order valence-electron chi connectivity index (χ4n) is 4.26. The first-order valence-electron chi connectivity index (χ1n) is 12.2. The Labute approximate surface area is 219 Å². The van der Waals surface area contributed by atoms with E-state index in [1.165, 1.54) is 16.7 Å². The molecule has 1 fully saturated rings. The lowest BCUT2D eigenvalue weighted by Gasteiger charge is -2.32. The summed E-state index contributed by atoms with van der Waals surface area (Å²) in [6.45, 7) is 6.62. The number of anilines is 3. The van der Waals surface area contributed by atoms with Crippen molar-refractivity contribution >= 4 is 40.2 Å². The first-order chi connectivity index (χ1) is 18.4. The first kappa shape index (κ1) is 24.8. The molecule has 2 aromatic carbocycles. The van der Waals surface area contributed by atoms with Crippen LogP contribution in [0.3, 0.4) is 0 Å². The molecule has 3 heterocycles. The van der Waals surface area contributed by atoms with Crippen molar-refractivity contribution in [2.24, 2.45) is 0 Å². The van der Waals surface area contributed by atoms with E-state index in [0.29, 0.717) is 52.7 Å². The third-order valence-corrected chi connectivity index (χ3v) is 6.37. The molecule has 2 aromatic heterocycles. The van der Waals surface area contributed by atoms with Crippen LogP contribution in [0.2, 0.25) is 0 Å². The Balaban J connectivity index is 1.40. The molecule has 0 bridgehead atoms. The average molecular weight is 510 g/mol. The van der Waals surface area contributed by atoms with E-state index in [0.717, 1.165) is 13.1 Å². The molecule has 0 aliphatic carbocycles. The number of nitrogens with zero attached hydrogens (tertiary/aromatic N) is 5. The number of hydrogen-bond donors (Lipinski definition) is 2. The van der Waals surface area contributed by atoms with Crippen LogP contribution in [-0.4, -0.2) is 69.4 Å². The lowest BCUT2D eigenvalue weighted by Crippen LogP contribution is -2.47. The zero-order chi connectivity index (χ0) is 26.6. The summed E-state index contributed by atoms with van der Waals surface area (Å²) < 4.78 is 1.46. The van der Waals surface area contributed by atoms with Crippen molar-refractivity contribution in [3.05, 3.63) is 95.4 Å². The van der Waals surface area contributed by atoms with Gasteiger partial charge in [0, 0.05) is 60.8 Å². The number of rotatable bonds is 6. The molecule has 1 saturated heterocycles. The molecular weight excluding hydrogens is 482 g/mol. The fourth-order valence-corrected chi connectivity index (χ4v) is 4.26. The number of carbonyl (C=O) groups excluding carboxylic acids is 2. The van der Waals surface area contributed by atoms with Gasteiger partial charge in [0.05, 0.1) is 5.69 Å². The summed E-state index contributed by atoms with van der Waals surface area (Å²) in [6, 6.07) is 17.2. The fraction of sp³-hybridized carbons (Fsp3) is 0.179. The number of benzene rings is 2. The number of piperazine rings is 1. The van der Waals surface area contributed by atoms with Crippen LogP contribution >= 0.6 is 0 Å². The number of carbonyl (C=O) groups is 2. The van der Waals surface area contributed by atoms with E-state index < -0.39 is 0 Å². The topological polar surface area (TPSA) is 112 Å². The number of hydrogen-bond acceptors (Lipinski definition) is 7. The van der Waals surface area contributed by atoms with Crippen LogP contribution in [0.15, 0.2) is 84.3 Å². The Bertz CT molecular complexity index is 1570. The van der Waals surface area contributed by atoms with Gasteiger partial charge in [0.2, 0.25) is 11.9 Å².